The Kier molecular flexibility index (Phi) is 4.66. The summed E-state index contributed by atoms with van der Waals surface area (Å²) in [6, 6.07) is 3.75. The Morgan fingerprint density at radius 2 is 1.64 bits per heavy atom. The Hall–Kier alpha value is -1.55. The van der Waals surface area contributed by atoms with Gasteiger partial charge in [0, 0.05) is 6.42 Å². The third kappa shape index (κ3) is 5.16. The SMILES string of the molecule is CC(C)(C)CC(=O)N(CC#N)CC#N. The van der Waals surface area contributed by atoms with Gasteiger partial charge in [-0.05, 0) is 5.41 Å². The zero-order valence-electron chi connectivity index (χ0n) is 8.87. The lowest BCUT2D eigenvalue weighted by molar-refractivity contribution is -0.131. The second-order valence-electron chi connectivity index (χ2n) is 4.30. The Bertz CT molecular complexity index is 261. The van der Waals surface area contributed by atoms with Gasteiger partial charge in [-0.2, -0.15) is 10.5 Å². The summed E-state index contributed by atoms with van der Waals surface area (Å²) < 4.78 is 0. The molecule has 0 radical (unpaired) electrons. The van der Waals surface area contributed by atoms with Crippen LogP contribution >= 0.6 is 0 Å². The topological polar surface area (TPSA) is 67.9 Å². The maximum Gasteiger partial charge on any atom is 0.224 e. The van der Waals surface area contributed by atoms with E-state index in [1.165, 1.54) is 4.90 Å². The zero-order valence-corrected chi connectivity index (χ0v) is 8.87. The summed E-state index contributed by atoms with van der Waals surface area (Å²) in [5.41, 5.74) is -0.111. The highest BCUT2D eigenvalue weighted by atomic mass is 16.2. The maximum absolute atomic E-state index is 11.6. The first kappa shape index (κ1) is 12.4. The molecule has 0 fully saturated rings. The molecule has 0 atom stereocenters. The van der Waals surface area contributed by atoms with Crippen molar-refractivity contribution in [2.75, 3.05) is 13.1 Å². The van der Waals surface area contributed by atoms with Crippen LogP contribution in [0.25, 0.3) is 0 Å². The molecule has 0 bridgehead atoms. The number of hydrogen-bond donors (Lipinski definition) is 0. The highest BCUT2D eigenvalue weighted by molar-refractivity contribution is 5.77. The first-order valence-electron chi connectivity index (χ1n) is 4.42. The molecule has 0 aliphatic heterocycles. The second kappa shape index (κ2) is 5.24. The fourth-order valence-electron chi connectivity index (χ4n) is 0.968. The molecule has 0 rings (SSSR count). The third-order valence-electron chi connectivity index (χ3n) is 1.56. The van der Waals surface area contributed by atoms with Crippen molar-refractivity contribution < 1.29 is 4.79 Å². The molecule has 0 aromatic heterocycles. The van der Waals surface area contributed by atoms with E-state index in [1.54, 1.807) is 0 Å². The van der Waals surface area contributed by atoms with Crippen molar-refractivity contribution in [3.05, 3.63) is 0 Å². The minimum Gasteiger partial charge on any atom is -0.316 e. The predicted octanol–water partition coefficient (Wildman–Crippen LogP) is 1.30. The average Bonchev–Trinajstić information content (AvgIpc) is 2.01. The van der Waals surface area contributed by atoms with Crippen LogP contribution in [0, 0.1) is 28.1 Å². The average molecular weight is 193 g/mol. The second-order valence-corrected chi connectivity index (χ2v) is 4.30. The first-order valence-corrected chi connectivity index (χ1v) is 4.42. The van der Waals surface area contributed by atoms with E-state index in [-0.39, 0.29) is 24.4 Å². The summed E-state index contributed by atoms with van der Waals surface area (Å²) in [6.45, 7) is 5.82. The maximum atomic E-state index is 11.6. The van der Waals surface area contributed by atoms with Gasteiger partial charge in [0.2, 0.25) is 5.91 Å². The first-order chi connectivity index (χ1) is 6.40. The quantitative estimate of drug-likeness (QED) is 0.634. The van der Waals surface area contributed by atoms with Crippen molar-refractivity contribution in [1.29, 1.82) is 10.5 Å². The van der Waals surface area contributed by atoms with Crippen molar-refractivity contribution in [3.8, 4) is 12.1 Å². The number of rotatable bonds is 3. The molecule has 76 valence electrons. The van der Waals surface area contributed by atoms with E-state index < -0.39 is 0 Å². The molecular formula is C10H15N3O. The van der Waals surface area contributed by atoms with Crippen LogP contribution in [0.1, 0.15) is 27.2 Å². The highest BCUT2D eigenvalue weighted by Crippen LogP contribution is 2.19. The third-order valence-corrected chi connectivity index (χ3v) is 1.56. The van der Waals surface area contributed by atoms with Gasteiger partial charge < -0.3 is 4.90 Å². The molecule has 0 saturated heterocycles. The van der Waals surface area contributed by atoms with Gasteiger partial charge in [0.1, 0.15) is 13.1 Å². The molecule has 4 nitrogen and oxygen atoms in total. The van der Waals surface area contributed by atoms with Gasteiger partial charge in [0.25, 0.3) is 0 Å². The van der Waals surface area contributed by atoms with E-state index in [1.807, 2.05) is 32.9 Å². The lowest BCUT2D eigenvalue weighted by Crippen LogP contribution is -2.34. The van der Waals surface area contributed by atoms with E-state index in [4.69, 9.17) is 10.5 Å². The lowest BCUT2D eigenvalue weighted by atomic mass is 9.91. The zero-order chi connectivity index (χ0) is 11.2. The van der Waals surface area contributed by atoms with Gasteiger partial charge in [0.15, 0.2) is 0 Å². The minimum atomic E-state index is -0.138. The van der Waals surface area contributed by atoms with Gasteiger partial charge in [-0.15, -0.1) is 0 Å². The van der Waals surface area contributed by atoms with Gasteiger partial charge in [0.05, 0.1) is 12.1 Å². The lowest BCUT2D eigenvalue weighted by Gasteiger charge is -2.22. The fraction of sp³-hybridized carbons (Fsp3) is 0.700. The molecule has 0 aromatic rings. The van der Waals surface area contributed by atoms with Crippen LogP contribution in [0.4, 0.5) is 0 Å². The monoisotopic (exact) mass is 193 g/mol. The summed E-state index contributed by atoms with van der Waals surface area (Å²) >= 11 is 0. The van der Waals surface area contributed by atoms with Crippen LogP contribution < -0.4 is 0 Å². The molecule has 0 aliphatic carbocycles. The molecule has 0 aliphatic rings. The number of nitrogens with zero attached hydrogens (tertiary/aromatic N) is 3. The van der Waals surface area contributed by atoms with Crippen molar-refractivity contribution in [1.82, 2.24) is 4.90 Å². The molecule has 0 spiro atoms. The Morgan fingerprint density at radius 3 is 1.93 bits per heavy atom. The van der Waals surface area contributed by atoms with Crippen LogP contribution in [0.3, 0.4) is 0 Å². The molecule has 0 aromatic carbocycles. The van der Waals surface area contributed by atoms with Gasteiger partial charge in [-0.1, -0.05) is 20.8 Å². The standard InChI is InChI=1S/C10H15N3O/c1-10(2,3)8-9(14)13(6-4-11)7-5-12/h6-8H2,1-3H3. The Balaban J connectivity index is 4.32. The molecule has 0 unspecified atom stereocenters. The summed E-state index contributed by atoms with van der Waals surface area (Å²) in [7, 11) is 0. The minimum absolute atomic E-state index is 0.0114. The Labute approximate surface area is 84.7 Å². The summed E-state index contributed by atoms with van der Waals surface area (Å²) in [4.78, 5) is 12.8. The van der Waals surface area contributed by atoms with Crippen molar-refractivity contribution in [2.45, 2.75) is 27.2 Å². The van der Waals surface area contributed by atoms with Gasteiger partial charge in [-0.3, -0.25) is 4.79 Å². The van der Waals surface area contributed by atoms with E-state index in [9.17, 15) is 4.79 Å². The number of carbonyl (C=O) groups excluding carboxylic acids is 1. The van der Waals surface area contributed by atoms with Gasteiger partial charge in [-0.25, -0.2) is 0 Å². The van der Waals surface area contributed by atoms with E-state index in [0.717, 1.165) is 0 Å². The number of amides is 1. The highest BCUT2D eigenvalue weighted by Gasteiger charge is 2.20. The van der Waals surface area contributed by atoms with E-state index >= 15 is 0 Å². The summed E-state index contributed by atoms with van der Waals surface area (Å²) in [6.07, 6.45) is 0.357. The van der Waals surface area contributed by atoms with Gasteiger partial charge >= 0.3 is 0 Å². The molecule has 14 heavy (non-hydrogen) atoms. The fourth-order valence-corrected chi connectivity index (χ4v) is 0.968. The van der Waals surface area contributed by atoms with Crippen LogP contribution in [0.5, 0.6) is 0 Å². The van der Waals surface area contributed by atoms with E-state index in [0.29, 0.717) is 6.42 Å². The number of nitriles is 2. The van der Waals surface area contributed by atoms with Crippen LogP contribution in [-0.4, -0.2) is 23.9 Å². The van der Waals surface area contributed by atoms with Crippen LogP contribution in [-0.2, 0) is 4.79 Å². The predicted molar refractivity (Wildman–Crippen MR) is 51.9 cm³/mol. The number of carbonyl (C=O) groups is 1. The molecule has 0 heterocycles. The van der Waals surface area contributed by atoms with Crippen molar-refractivity contribution in [2.24, 2.45) is 5.41 Å². The molecule has 0 saturated carbocycles. The molecular weight excluding hydrogens is 178 g/mol. The normalized spacial score (nSPS) is 10.1. The largest absolute Gasteiger partial charge is 0.316 e. The molecule has 4 heteroatoms. The van der Waals surface area contributed by atoms with Crippen molar-refractivity contribution in [3.63, 3.8) is 0 Å². The smallest absolute Gasteiger partial charge is 0.224 e. The van der Waals surface area contributed by atoms with E-state index in [2.05, 4.69) is 0 Å². The Morgan fingerprint density at radius 1 is 1.21 bits per heavy atom. The summed E-state index contributed by atoms with van der Waals surface area (Å²) in [5, 5.41) is 16.9. The molecule has 0 N–H and O–H groups in total. The summed E-state index contributed by atoms with van der Waals surface area (Å²) in [5.74, 6) is -0.138. The van der Waals surface area contributed by atoms with Crippen LogP contribution in [0.2, 0.25) is 0 Å². The number of hydrogen-bond acceptors (Lipinski definition) is 3. The molecule has 1 amide bonds. The van der Waals surface area contributed by atoms with Crippen LogP contribution in [0.15, 0.2) is 0 Å². The van der Waals surface area contributed by atoms with Crippen molar-refractivity contribution >= 4 is 5.91 Å².